The number of rotatable bonds is 5. The second-order valence-electron chi connectivity index (χ2n) is 5.20. The van der Waals surface area contributed by atoms with Gasteiger partial charge < -0.3 is 20.3 Å². The molecule has 128 valence electrons. The zero-order valence-corrected chi connectivity index (χ0v) is 13.6. The fourth-order valence-corrected chi connectivity index (χ4v) is 2.61. The van der Waals surface area contributed by atoms with Gasteiger partial charge in [-0.15, -0.1) is 0 Å². The van der Waals surface area contributed by atoms with E-state index in [4.69, 9.17) is 4.52 Å². The Morgan fingerprint density at radius 2 is 2.00 bits per heavy atom. The van der Waals surface area contributed by atoms with Crippen molar-refractivity contribution >= 4 is 17.3 Å². The monoisotopic (exact) mass is 343 g/mol. The third kappa shape index (κ3) is 2.94. The van der Waals surface area contributed by atoms with Crippen LogP contribution in [0.5, 0.6) is 0 Å². The van der Waals surface area contributed by atoms with Crippen LogP contribution in [0.15, 0.2) is 40.9 Å². The fourth-order valence-electron chi connectivity index (χ4n) is 2.61. The van der Waals surface area contributed by atoms with Gasteiger partial charge in [-0.05, 0) is 18.2 Å². The Balaban J connectivity index is 2.14. The van der Waals surface area contributed by atoms with Crippen LogP contribution in [0, 0.1) is 5.82 Å². The summed E-state index contributed by atoms with van der Waals surface area (Å²) in [6.07, 6.45) is 0. The molecule has 25 heavy (non-hydrogen) atoms. The van der Waals surface area contributed by atoms with Gasteiger partial charge in [0.15, 0.2) is 0 Å². The number of carbonyl (C=O) groups is 1. The van der Waals surface area contributed by atoms with Crippen LogP contribution in [0.1, 0.15) is 10.4 Å². The number of nitrogens with one attached hydrogen (secondary N) is 1. The number of carboxylic acid groups (broad SMARTS) is 1. The second-order valence-corrected chi connectivity index (χ2v) is 5.20. The number of anilines is 1. The number of halogens is 1. The summed E-state index contributed by atoms with van der Waals surface area (Å²) >= 11 is 0. The lowest BCUT2D eigenvalue weighted by Crippen LogP contribution is -2.73. The summed E-state index contributed by atoms with van der Waals surface area (Å²) in [6, 6.07) is 9.42. The van der Waals surface area contributed by atoms with Crippen molar-refractivity contribution in [2.75, 3.05) is 19.4 Å². The second kappa shape index (κ2) is 6.70. The van der Waals surface area contributed by atoms with Crippen molar-refractivity contribution in [2.45, 2.75) is 0 Å². The highest BCUT2D eigenvalue weighted by Gasteiger charge is 2.24. The molecule has 1 aromatic heterocycles. The van der Waals surface area contributed by atoms with Crippen LogP contribution in [0.4, 0.5) is 15.8 Å². The Kier molecular flexibility index (Phi) is 4.44. The van der Waals surface area contributed by atoms with E-state index >= 15 is 0 Å². The molecule has 1 heterocycles. The highest BCUT2D eigenvalue weighted by atomic mass is 19.1. The topological polar surface area (TPSA) is 105 Å². The Bertz CT molecular complexity index is 939. The van der Waals surface area contributed by atoms with Crippen molar-refractivity contribution in [1.82, 2.24) is 10.1 Å². The van der Waals surface area contributed by atoms with E-state index in [1.165, 1.54) is 12.1 Å². The molecule has 0 saturated carbocycles. The van der Waals surface area contributed by atoms with Crippen molar-refractivity contribution in [3.05, 3.63) is 47.8 Å². The molecule has 0 aliphatic rings. The molecule has 4 N–H and O–H groups in total. The van der Waals surface area contributed by atoms with Crippen molar-refractivity contribution in [2.24, 2.45) is 0 Å². The van der Waals surface area contributed by atoms with Crippen LogP contribution >= 0.6 is 0 Å². The Morgan fingerprint density at radius 3 is 2.64 bits per heavy atom. The van der Waals surface area contributed by atoms with Crippen LogP contribution in [-0.4, -0.2) is 35.3 Å². The zero-order valence-electron chi connectivity index (χ0n) is 13.6. The molecule has 0 atom stereocenters. The quantitative estimate of drug-likeness (QED) is 0.613. The number of aromatic nitrogens is 2. The summed E-state index contributed by atoms with van der Waals surface area (Å²) in [4.78, 5) is 15.9. The number of nitrogens with two attached hydrogens (primary N) is 1. The molecular formula is C17H16FN4O3+. The molecule has 2 aromatic carbocycles. The number of nitrogens with zero attached hydrogens (tertiary/aromatic N) is 2. The smallest absolute Gasteiger partial charge is 0.343 e. The molecule has 0 aliphatic heterocycles. The lowest BCUT2D eigenvalue weighted by atomic mass is 10.0. The molecule has 7 nitrogen and oxygen atoms in total. The molecule has 0 unspecified atom stereocenters. The molecule has 3 rings (SSSR count). The van der Waals surface area contributed by atoms with Gasteiger partial charge in [-0.3, -0.25) is 0 Å². The molecular weight excluding hydrogens is 327 g/mol. The number of aromatic carboxylic acids is 1. The summed E-state index contributed by atoms with van der Waals surface area (Å²) in [6.45, 7) is 0. The Labute approximate surface area is 142 Å². The first-order valence-electron chi connectivity index (χ1n) is 7.53. The minimum atomic E-state index is -1.07. The van der Waals surface area contributed by atoms with E-state index in [0.29, 0.717) is 16.9 Å². The standard InChI is InChI=1S/C17H15FN4O3/c1-19-12-8-7-10(14(20-2)13(12)17(23)24)15-21-16(25-22-15)9-5-3-4-6-11(9)18/h3-8,19-20H,1-2H3,(H,23,24)/p+1. The number of hydrogen-bond acceptors (Lipinski definition) is 5. The minimum Gasteiger partial charge on any atom is -0.477 e. The zero-order chi connectivity index (χ0) is 18.0. The third-order valence-corrected chi connectivity index (χ3v) is 3.78. The maximum Gasteiger partial charge on any atom is 0.343 e. The molecule has 0 fully saturated rings. The van der Waals surface area contributed by atoms with Crippen molar-refractivity contribution < 1.29 is 24.1 Å². The van der Waals surface area contributed by atoms with Gasteiger partial charge in [0.05, 0.1) is 18.3 Å². The first-order valence-corrected chi connectivity index (χ1v) is 7.53. The molecule has 0 spiro atoms. The maximum absolute atomic E-state index is 13.9. The molecule has 0 radical (unpaired) electrons. The van der Waals surface area contributed by atoms with Gasteiger partial charge in [-0.2, -0.15) is 4.98 Å². The van der Waals surface area contributed by atoms with Gasteiger partial charge in [0, 0.05) is 18.7 Å². The van der Waals surface area contributed by atoms with Gasteiger partial charge in [0.1, 0.15) is 17.1 Å². The average Bonchev–Trinajstić information content (AvgIpc) is 3.10. The predicted octanol–water partition coefficient (Wildman–Crippen LogP) is 2.11. The highest BCUT2D eigenvalue weighted by Crippen LogP contribution is 2.33. The molecule has 3 aromatic rings. The number of hydrogen-bond donors (Lipinski definition) is 3. The maximum atomic E-state index is 13.9. The van der Waals surface area contributed by atoms with Gasteiger partial charge in [0.2, 0.25) is 5.82 Å². The highest BCUT2D eigenvalue weighted by molar-refractivity contribution is 6.02. The first-order chi connectivity index (χ1) is 12.1. The van der Waals surface area contributed by atoms with E-state index in [9.17, 15) is 14.3 Å². The van der Waals surface area contributed by atoms with Crippen LogP contribution in [0.2, 0.25) is 0 Å². The summed E-state index contributed by atoms with van der Waals surface area (Å²) in [5.41, 5.74) is 1.68. The molecule has 0 amide bonds. The number of benzene rings is 2. The van der Waals surface area contributed by atoms with Gasteiger partial charge in [-0.1, -0.05) is 17.3 Å². The molecule has 0 saturated heterocycles. The molecule has 0 aliphatic carbocycles. The van der Waals surface area contributed by atoms with E-state index in [-0.39, 0.29) is 22.8 Å². The predicted molar refractivity (Wildman–Crippen MR) is 89.1 cm³/mol. The minimum absolute atomic E-state index is 0.0261. The average molecular weight is 343 g/mol. The van der Waals surface area contributed by atoms with Gasteiger partial charge in [0.25, 0.3) is 5.89 Å². The van der Waals surface area contributed by atoms with Crippen LogP contribution in [0.3, 0.4) is 0 Å². The number of quaternary nitrogens is 1. The van der Waals surface area contributed by atoms with Crippen molar-refractivity contribution in [3.63, 3.8) is 0 Å². The SMILES string of the molecule is CNc1c(-c2noc(-c3ccccc3F)n2)ccc([NH2+]C)c1C(=O)O. The summed E-state index contributed by atoms with van der Waals surface area (Å²) < 4.78 is 19.0. The lowest BCUT2D eigenvalue weighted by molar-refractivity contribution is -0.539. The van der Waals surface area contributed by atoms with E-state index in [1.54, 1.807) is 43.7 Å². The Morgan fingerprint density at radius 1 is 1.24 bits per heavy atom. The fraction of sp³-hybridized carbons (Fsp3) is 0.118. The normalized spacial score (nSPS) is 10.7. The van der Waals surface area contributed by atoms with Gasteiger partial charge in [-0.25, -0.2) is 9.18 Å². The Hall–Kier alpha value is -3.26. The summed E-state index contributed by atoms with van der Waals surface area (Å²) in [5, 5.41) is 18.0. The number of carboxylic acids is 1. The van der Waals surface area contributed by atoms with Crippen LogP contribution in [0.25, 0.3) is 22.8 Å². The van der Waals surface area contributed by atoms with E-state index in [2.05, 4.69) is 15.5 Å². The van der Waals surface area contributed by atoms with E-state index < -0.39 is 11.8 Å². The largest absolute Gasteiger partial charge is 0.477 e. The summed E-state index contributed by atoms with van der Waals surface area (Å²) in [5.74, 6) is -1.35. The third-order valence-electron chi connectivity index (χ3n) is 3.78. The molecule has 0 bridgehead atoms. The summed E-state index contributed by atoms with van der Waals surface area (Å²) in [7, 11) is 3.37. The lowest BCUT2D eigenvalue weighted by Gasteiger charge is -2.11. The van der Waals surface area contributed by atoms with Crippen LogP contribution < -0.4 is 10.6 Å². The van der Waals surface area contributed by atoms with E-state index in [0.717, 1.165) is 0 Å². The van der Waals surface area contributed by atoms with Crippen molar-refractivity contribution in [3.8, 4) is 22.8 Å². The van der Waals surface area contributed by atoms with Gasteiger partial charge >= 0.3 is 5.97 Å². The molecule has 8 heteroatoms. The van der Waals surface area contributed by atoms with Crippen LogP contribution in [-0.2, 0) is 0 Å². The van der Waals surface area contributed by atoms with Crippen molar-refractivity contribution in [1.29, 1.82) is 0 Å². The van der Waals surface area contributed by atoms with E-state index in [1.807, 2.05) is 0 Å². The first kappa shape index (κ1) is 16.6.